The van der Waals surface area contributed by atoms with Gasteiger partial charge >= 0.3 is 5.97 Å². The van der Waals surface area contributed by atoms with Gasteiger partial charge in [-0.25, -0.2) is 9.69 Å². The molecule has 36 heavy (non-hydrogen) atoms. The molecule has 180 valence electrons. The van der Waals surface area contributed by atoms with E-state index in [1.165, 1.54) is 18.4 Å². The van der Waals surface area contributed by atoms with Crippen molar-refractivity contribution in [2.45, 2.75) is 19.0 Å². The van der Waals surface area contributed by atoms with Crippen molar-refractivity contribution in [2.24, 2.45) is 11.8 Å². The highest BCUT2D eigenvalue weighted by Gasteiger charge is 2.64. The van der Waals surface area contributed by atoms with Crippen LogP contribution < -0.4 is 4.90 Å². The number of amides is 2. The van der Waals surface area contributed by atoms with Gasteiger partial charge in [0.25, 0.3) is 0 Å². The Morgan fingerprint density at radius 3 is 2.42 bits per heavy atom. The molecular formula is C28H22N2O6. The topological polar surface area (TPSA) is 97.1 Å². The second kappa shape index (κ2) is 8.34. The van der Waals surface area contributed by atoms with Gasteiger partial charge in [-0.05, 0) is 60.5 Å². The van der Waals surface area contributed by atoms with Crippen LogP contribution >= 0.6 is 0 Å². The van der Waals surface area contributed by atoms with Crippen LogP contribution in [-0.4, -0.2) is 41.1 Å². The largest absolute Gasteiger partial charge is 0.462 e. The molecule has 2 amide bonds. The number of ether oxygens (including phenoxy) is 1. The molecule has 8 nitrogen and oxygen atoms in total. The SMILES string of the molecule is CCOC(=O)c1ccc(N2C(=O)[C@@H]3[C@H](C2=O)[C@H]2c4ccccc4C=CN2[C@@H]3C(=O)c2ccco2)cc1. The summed E-state index contributed by atoms with van der Waals surface area (Å²) in [7, 11) is 0. The summed E-state index contributed by atoms with van der Waals surface area (Å²) in [4.78, 5) is 56.3. The number of furan rings is 1. The number of Topliss-reactive ketones (excluding diaryl/α,β-unsaturated/α-hetero) is 1. The van der Waals surface area contributed by atoms with E-state index in [2.05, 4.69) is 0 Å². The van der Waals surface area contributed by atoms with Crippen LogP contribution in [0.5, 0.6) is 0 Å². The number of carbonyl (C=O) groups excluding carboxylic acids is 4. The number of ketones is 1. The average Bonchev–Trinajstić information content (AvgIpc) is 3.60. The minimum absolute atomic E-state index is 0.143. The summed E-state index contributed by atoms with van der Waals surface area (Å²) in [5.74, 6) is -3.14. The van der Waals surface area contributed by atoms with Gasteiger partial charge in [-0.3, -0.25) is 14.4 Å². The fourth-order valence-corrected chi connectivity index (χ4v) is 5.64. The number of hydrogen-bond acceptors (Lipinski definition) is 7. The minimum atomic E-state index is -0.893. The van der Waals surface area contributed by atoms with Gasteiger partial charge in [0.2, 0.25) is 17.6 Å². The molecule has 3 aliphatic rings. The second-order valence-electron chi connectivity index (χ2n) is 8.95. The van der Waals surface area contributed by atoms with Crippen molar-refractivity contribution >= 4 is 35.3 Å². The molecule has 0 bridgehead atoms. The highest BCUT2D eigenvalue weighted by Crippen LogP contribution is 2.53. The molecule has 0 aliphatic carbocycles. The summed E-state index contributed by atoms with van der Waals surface area (Å²) < 4.78 is 10.4. The summed E-state index contributed by atoms with van der Waals surface area (Å²) in [6.45, 7) is 1.96. The number of imide groups is 1. The summed E-state index contributed by atoms with van der Waals surface area (Å²) >= 11 is 0. The van der Waals surface area contributed by atoms with Crippen molar-refractivity contribution in [3.8, 4) is 0 Å². The Labute approximate surface area is 206 Å². The van der Waals surface area contributed by atoms with E-state index >= 15 is 0 Å². The Bertz CT molecular complexity index is 1410. The van der Waals surface area contributed by atoms with E-state index in [-0.39, 0.29) is 24.1 Å². The van der Waals surface area contributed by atoms with Crippen LogP contribution in [0.3, 0.4) is 0 Å². The van der Waals surface area contributed by atoms with Gasteiger partial charge in [0.1, 0.15) is 6.04 Å². The van der Waals surface area contributed by atoms with E-state index in [0.29, 0.717) is 11.3 Å². The predicted molar refractivity (Wildman–Crippen MR) is 129 cm³/mol. The van der Waals surface area contributed by atoms with Crippen LogP contribution in [0.2, 0.25) is 0 Å². The third-order valence-corrected chi connectivity index (χ3v) is 7.13. The number of carbonyl (C=O) groups is 4. The predicted octanol–water partition coefficient (Wildman–Crippen LogP) is 3.85. The molecule has 6 rings (SSSR count). The molecule has 2 aromatic carbocycles. The summed E-state index contributed by atoms with van der Waals surface area (Å²) in [5.41, 5.74) is 2.51. The number of esters is 1. The lowest BCUT2D eigenvalue weighted by Gasteiger charge is -2.35. The van der Waals surface area contributed by atoms with Gasteiger partial charge in [0, 0.05) is 6.20 Å². The van der Waals surface area contributed by atoms with Crippen molar-refractivity contribution in [1.29, 1.82) is 0 Å². The molecule has 1 aromatic heterocycles. The number of anilines is 1. The second-order valence-corrected chi connectivity index (χ2v) is 8.95. The van der Waals surface area contributed by atoms with E-state index in [1.54, 1.807) is 37.4 Å². The van der Waals surface area contributed by atoms with Crippen LogP contribution in [0.15, 0.2) is 77.5 Å². The van der Waals surface area contributed by atoms with Crippen LogP contribution in [0.1, 0.15) is 45.0 Å². The molecule has 2 fully saturated rings. The maximum absolute atomic E-state index is 13.9. The third-order valence-electron chi connectivity index (χ3n) is 7.13. The van der Waals surface area contributed by atoms with Gasteiger partial charge in [-0.2, -0.15) is 0 Å². The normalized spacial score (nSPS) is 23.9. The van der Waals surface area contributed by atoms with Crippen molar-refractivity contribution in [2.75, 3.05) is 11.5 Å². The molecule has 4 atom stereocenters. The first-order chi connectivity index (χ1) is 17.5. The Balaban J connectivity index is 1.42. The Morgan fingerprint density at radius 1 is 0.944 bits per heavy atom. The van der Waals surface area contributed by atoms with Crippen LogP contribution in [0.25, 0.3) is 6.08 Å². The molecule has 0 N–H and O–H groups in total. The molecule has 4 heterocycles. The molecular weight excluding hydrogens is 460 g/mol. The maximum atomic E-state index is 13.9. The Kier molecular flexibility index (Phi) is 5.10. The van der Waals surface area contributed by atoms with Crippen LogP contribution in [-0.2, 0) is 14.3 Å². The van der Waals surface area contributed by atoms with Crippen LogP contribution in [0, 0.1) is 11.8 Å². The molecule has 2 saturated heterocycles. The van der Waals surface area contributed by atoms with Crippen molar-refractivity contribution in [3.63, 3.8) is 0 Å². The van der Waals surface area contributed by atoms with Gasteiger partial charge in [-0.15, -0.1) is 0 Å². The molecule has 0 saturated carbocycles. The highest BCUT2D eigenvalue weighted by atomic mass is 16.5. The lowest BCUT2D eigenvalue weighted by Crippen LogP contribution is -2.44. The van der Waals surface area contributed by atoms with E-state index in [1.807, 2.05) is 35.2 Å². The zero-order valence-electron chi connectivity index (χ0n) is 19.4. The molecule has 3 aliphatic heterocycles. The molecule has 3 aromatic rings. The lowest BCUT2D eigenvalue weighted by molar-refractivity contribution is -0.123. The number of benzene rings is 2. The molecule has 0 unspecified atom stereocenters. The van der Waals surface area contributed by atoms with Crippen molar-refractivity contribution in [1.82, 2.24) is 4.90 Å². The fourth-order valence-electron chi connectivity index (χ4n) is 5.64. The monoisotopic (exact) mass is 482 g/mol. The van der Waals surface area contributed by atoms with Crippen LogP contribution in [0.4, 0.5) is 5.69 Å². The minimum Gasteiger partial charge on any atom is -0.462 e. The molecule has 0 radical (unpaired) electrons. The average molecular weight is 482 g/mol. The van der Waals surface area contributed by atoms with Gasteiger partial charge in [0.15, 0.2) is 5.76 Å². The summed E-state index contributed by atoms with van der Waals surface area (Å²) in [6.07, 6.45) is 5.11. The molecule has 0 spiro atoms. The number of nitrogens with zero attached hydrogens (tertiary/aromatic N) is 2. The lowest BCUT2D eigenvalue weighted by atomic mass is 9.84. The first-order valence-corrected chi connectivity index (χ1v) is 11.8. The number of hydrogen-bond donors (Lipinski definition) is 0. The zero-order chi connectivity index (χ0) is 25.0. The van der Waals surface area contributed by atoms with E-state index in [9.17, 15) is 19.2 Å². The highest BCUT2D eigenvalue weighted by molar-refractivity contribution is 6.24. The third kappa shape index (κ3) is 3.14. The van der Waals surface area contributed by atoms with Gasteiger partial charge < -0.3 is 14.1 Å². The van der Waals surface area contributed by atoms with Crippen molar-refractivity contribution < 1.29 is 28.3 Å². The van der Waals surface area contributed by atoms with E-state index in [4.69, 9.17) is 9.15 Å². The van der Waals surface area contributed by atoms with Gasteiger partial charge in [-0.1, -0.05) is 24.3 Å². The smallest absolute Gasteiger partial charge is 0.338 e. The van der Waals surface area contributed by atoms with Crippen molar-refractivity contribution in [3.05, 3.63) is 95.6 Å². The standard InChI is InChI=1S/C28H22N2O6/c1-2-35-28(34)17-9-11-18(12-10-17)30-26(32)21-22(27(30)33)24(25(31)20-8-5-15-36-20)29-14-13-16-6-3-4-7-19(16)23(21)29/h3-15,21-24H,2H2,1H3/t21-,22+,23+,24-/m0/s1. The first kappa shape index (κ1) is 22.0. The Morgan fingerprint density at radius 2 is 1.69 bits per heavy atom. The summed E-state index contributed by atoms with van der Waals surface area (Å²) in [5, 5.41) is 0. The number of fused-ring (bicyclic) bond motifs is 5. The zero-order valence-corrected chi connectivity index (χ0v) is 19.4. The van der Waals surface area contributed by atoms with E-state index in [0.717, 1.165) is 16.0 Å². The van der Waals surface area contributed by atoms with E-state index < -0.39 is 35.8 Å². The van der Waals surface area contributed by atoms with Gasteiger partial charge in [0.05, 0.1) is 42.0 Å². The fraction of sp³-hybridized carbons (Fsp3) is 0.214. The maximum Gasteiger partial charge on any atom is 0.338 e. The molecule has 8 heteroatoms. The summed E-state index contributed by atoms with van der Waals surface area (Å²) in [6, 6.07) is 15.7. The first-order valence-electron chi connectivity index (χ1n) is 11.8. The number of rotatable bonds is 5. The Hall–Kier alpha value is -4.46. The quantitative estimate of drug-likeness (QED) is 0.310.